The van der Waals surface area contributed by atoms with Gasteiger partial charge in [0.2, 0.25) is 5.91 Å². The molecule has 1 N–H and O–H groups in total. The molecule has 1 saturated heterocycles. The minimum absolute atomic E-state index is 0.241. The molecule has 1 aliphatic rings. The van der Waals surface area contributed by atoms with Crippen molar-refractivity contribution < 1.29 is 4.79 Å². The number of hydrogen-bond donors (Lipinski definition) is 1. The van der Waals surface area contributed by atoms with Crippen molar-refractivity contribution in [3.63, 3.8) is 0 Å². The van der Waals surface area contributed by atoms with Gasteiger partial charge in [-0.05, 0) is 24.4 Å². The first-order valence-corrected chi connectivity index (χ1v) is 7.80. The van der Waals surface area contributed by atoms with Crippen LogP contribution in [0.4, 0.5) is 0 Å². The van der Waals surface area contributed by atoms with Crippen LogP contribution in [0.3, 0.4) is 0 Å². The number of nitrogens with zero attached hydrogens (tertiary/aromatic N) is 1. The van der Waals surface area contributed by atoms with E-state index in [0.717, 1.165) is 26.1 Å². The molecule has 0 spiro atoms. The monoisotopic (exact) mass is 274 g/mol. The van der Waals surface area contributed by atoms with E-state index < -0.39 is 0 Å². The Morgan fingerprint density at radius 2 is 2.05 bits per heavy atom. The van der Waals surface area contributed by atoms with Gasteiger partial charge in [0, 0.05) is 25.6 Å². The van der Waals surface area contributed by atoms with Gasteiger partial charge in [0.1, 0.15) is 0 Å². The van der Waals surface area contributed by atoms with E-state index in [-0.39, 0.29) is 6.04 Å². The lowest BCUT2D eigenvalue weighted by molar-refractivity contribution is -0.128. The van der Waals surface area contributed by atoms with Crippen molar-refractivity contribution in [1.29, 1.82) is 0 Å². The summed E-state index contributed by atoms with van der Waals surface area (Å²) < 4.78 is 0. The smallest absolute Gasteiger partial charge is 0.222 e. The van der Waals surface area contributed by atoms with E-state index in [1.165, 1.54) is 18.4 Å². The molecule has 1 heterocycles. The van der Waals surface area contributed by atoms with Crippen molar-refractivity contribution >= 4 is 5.91 Å². The Hall–Kier alpha value is -1.35. The van der Waals surface area contributed by atoms with E-state index in [2.05, 4.69) is 43.4 Å². The summed E-state index contributed by atoms with van der Waals surface area (Å²) in [7, 11) is 0. The van der Waals surface area contributed by atoms with Gasteiger partial charge in [-0.3, -0.25) is 4.79 Å². The van der Waals surface area contributed by atoms with Crippen molar-refractivity contribution in [2.24, 2.45) is 5.92 Å². The molecule has 0 radical (unpaired) electrons. The van der Waals surface area contributed by atoms with Gasteiger partial charge < -0.3 is 10.2 Å². The molecule has 0 aliphatic carbocycles. The highest BCUT2D eigenvalue weighted by Gasteiger charge is 2.30. The van der Waals surface area contributed by atoms with Crippen LogP contribution in [0.5, 0.6) is 0 Å². The van der Waals surface area contributed by atoms with Crippen molar-refractivity contribution in [2.75, 3.05) is 19.6 Å². The van der Waals surface area contributed by atoms with Crippen LogP contribution in [0.1, 0.15) is 44.7 Å². The summed E-state index contributed by atoms with van der Waals surface area (Å²) in [5.74, 6) is 0.882. The molecule has 110 valence electrons. The maximum atomic E-state index is 12.1. The second kappa shape index (κ2) is 7.44. The van der Waals surface area contributed by atoms with Crippen LogP contribution >= 0.6 is 0 Å². The van der Waals surface area contributed by atoms with E-state index in [9.17, 15) is 4.79 Å². The molecule has 0 aromatic heterocycles. The van der Waals surface area contributed by atoms with Gasteiger partial charge in [0.25, 0.3) is 0 Å². The van der Waals surface area contributed by atoms with E-state index in [1.807, 2.05) is 11.0 Å². The number of carbonyl (C=O) groups excluding carboxylic acids is 1. The second-order valence-corrected chi connectivity index (χ2v) is 5.68. The summed E-state index contributed by atoms with van der Waals surface area (Å²) in [4.78, 5) is 14.2. The summed E-state index contributed by atoms with van der Waals surface area (Å²) in [6.07, 6.45) is 3.07. The Morgan fingerprint density at radius 3 is 2.70 bits per heavy atom. The molecular weight excluding hydrogens is 248 g/mol. The lowest BCUT2D eigenvalue weighted by Gasteiger charge is -2.25. The largest absolute Gasteiger partial charge is 0.340 e. The lowest BCUT2D eigenvalue weighted by atomic mass is 10.0. The Balaban J connectivity index is 2.00. The molecule has 1 amide bonds. The number of hydrogen-bond acceptors (Lipinski definition) is 2. The number of likely N-dealkylation sites (N-methyl/N-ethyl adjacent to an activating group) is 1. The zero-order valence-corrected chi connectivity index (χ0v) is 12.6. The zero-order valence-electron chi connectivity index (χ0n) is 12.6. The standard InChI is InChI=1S/C17H26N2O/c1-3-8-14-11-17(20)19(12-14)13-16(18-4-2)15-9-6-5-7-10-15/h5-7,9-10,14,16,18H,3-4,8,11-13H2,1-2H3. The molecule has 2 rings (SSSR count). The Morgan fingerprint density at radius 1 is 1.30 bits per heavy atom. The van der Waals surface area contributed by atoms with Crippen LogP contribution in [0.25, 0.3) is 0 Å². The van der Waals surface area contributed by atoms with Crippen LogP contribution < -0.4 is 5.32 Å². The SMILES string of the molecule is CCCC1CC(=O)N(CC(NCC)c2ccccc2)C1. The molecule has 2 atom stereocenters. The Kier molecular flexibility index (Phi) is 5.60. The van der Waals surface area contributed by atoms with Crippen molar-refractivity contribution in [2.45, 2.75) is 39.2 Å². The molecule has 3 nitrogen and oxygen atoms in total. The summed E-state index contributed by atoms with van der Waals surface area (Å²) in [6.45, 7) is 6.94. The van der Waals surface area contributed by atoms with Gasteiger partial charge in [-0.25, -0.2) is 0 Å². The van der Waals surface area contributed by atoms with Gasteiger partial charge in [-0.15, -0.1) is 0 Å². The fourth-order valence-electron chi connectivity index (χ4n) is 3.07. The summed E-state index contributed by atoms with van der Waals surface area (Å²) in [5.41, 5.74) is 1.26. The molecule has 1 aliphatic heterocycles. The van der Waals surface area contributed by atoms with E-state index >= 15 is 0 Å². The molecule has 20 heavy (non-hydrogen) atoms. The molecule has 1 aromatic carbocycles. The highest BCUT2D eigenvalue weighted by Crippen LogP contribution is 2.24. The molecule has 0 saturated carbocycles. The van der Waals surface area contributed by atoms with Crippen LogP contribution in [0.15, 0.2) is 30.3 Å². The van der Waals surface area contributed by atoms with Crippen LogP contribution in [0, 0.1) is 5.92 Å². The summed E-state index contributed by atoms with van der Waals surface area (Å²) >= 11 is 0. The average molecular weight is 274 g/mol. The third-order valence-corrected chi connectivity index (χ3v) is 4.05. The first-order valence-electron chi connectivity index (χ1n) is 7.80. The first kappa shape index (κ1) is 15.0. The zero-order chi connectivity index (χ0) is 14.4. The summed E-state index contributed by atoms with van der Waals surface area (Å²) in [5, 5.41) is 3.50. The van der Waals surface area contributed by atoms with Crippen LogP contribution in [0.2, 0.25) is 0 Å². The fraction of sp³-hybridized carbons (Fsp3) is 0.588. The number of nitrogens with one attached hydrogen (secondary N) is 1. The van der Waals surface area contributed by atoms with Gasteiger partial charge >= 0.3 is 0 Å². The van der Waals surface area contributed by atoms with Gasteiger partial charge in [0.05, 0.1) is 0 Å². The number of carbonyl (C=O) groups is 1. The topological polar surface area (TPSA) is 32.3 Å². The third-order valence-electron chi connectivity index (χ3n) is 4.05. The minimum Gasteiger partial charge on any atom is -0.340 e. The molecule has 2 unspecified atom stereocenters. The van der Waals surface area contributed by atoms with E-state index in [1.54, 1.807) is 0 Å². The van der Waals surface area contributed by atoms with Crippen molar-refractivity contribution in [1.82, 2.24) is 10.2 Å². The van der Waals surface area contributed by atoms with Crippen molar-refractivity contribution in [3.8, 4) is 0 Å². The quantitative estimate of drug-likeness (QED) is 0.829. The lowest BCUT2D eigenvalue weighted by Crippen LogP contribution is -2.36. The average Bonchev–Trinajstić information content (AvgIpc) is 2.80. The van der Waals surface area contributed by atoms with Gasteiger partial charge in [-0.2, -0.15) is 0 Å². The van der Waals surface area contributed by atoms with E-state index in [0.29, 0.717) is 11.8 Å². The third kappa shape index (κ3) is 3.83. The maximum Gasteiger partial charge on any atom is 0.222 e. The maximum absolute atomic E-state index is 12.1. The first-order chi connectivity index (χ1) is 9.74. The highest BCUT2D eigenvalue weighted by molar-refractivity contribution is 5.78. The normalized spacial score (nSPS) is 20.4. The van der Waals surface area contributed by atoms with Crippen molar-refractivity contribution in [3.05, 3.63) is 35.9 Å². The number of benzene rings is 1. The Bertz CT molecular complexity index is 418. The molecule has 3 heteroatoms. The number of rotatable bonds is 7. The van der Waals surface area contributed by atoms with Crippen LogP contribution in [-0.4, -0.2) is 30.4 Å². The molecule has 0 bridgehead atoms. The second-order valence-electron chi connectivity index (χ2n) is 5.68. The van der Waals surface area contributed by atoms with E-state index in [4.69, 9.17) is 0 Å². The molecule has 1 aromatic rings. The molecule has 1 fully saturated rings. The number of likely N-dealkylation sites (tertiary alicyclic amines) is 1. The minimum atomic E-state index is 0.241. The predicted octanol–water partition coefficient (Wildman–Crippen LogP) is 2.99. The highest BCUT2D eigenvalue weighted by atomic mass is 16.2. The number of amides is 1. The molecular formula is C17H26N2O. The fourth-order valence-corrected chi connectivity index (χ4v) is 3.07. The van der Waals surface area contributed by atoms with Gasteiger partial charge in [-0.1, -0.05) is 50.6 Å². The van der Waals surface area contributed by atoms with Crippen LogP contribution in [-0.2, 0) is 4.79 Å². The Labute approximate surface area is 122 Å². The predicted molar refractivity (Wildman–Crippen MR) is 82.5 cm³/mol. The summed E-state index contributed by atoms with van der Waals surface area (Å²) in [6, 6.07) is 10.7. The van der Waals surface area contributed by atoms with Gasteiger partial charge in [0.15, 0.2) is 0 Å².